The lowest BCUT2D eigenvalue weighted by Crippen LogP contribution is -2.41. The zero-order valence-electron chi connectivity index (χ0n) is 28.1. The fourth-order valence-corrected chi connectivity index (χ4v) is 7.61. The molecule has 4 aliphatic rings. The Labute approximate surface area is 257 Å². The van der Waals surface area contributed by atoms with Crippen molar-refractivity contribution < 1.29 is 9.47 Å². The van der Waals surface area contributed by atoms with E-state index >= 15 is 0 Å². The maximum absolute atomic E-state index is 6.56. The summed E-state index contributed by atoms with van der Waals surface area (Å²) in [5.41, 5.74) is 6.66. The van der Waals surface area contributed by atoms with Crippen LogP contribution in [0.5, 0.6) is 0 Å². The van der Waals surface area contributed by atoms with Gasteiger partial charge in [0.05, 0.1) is 17.3 Å². The van der Waals surface area contributed by atoms with Crippen molar-refractivity contribution in [3.8, 4) is 0 Å². The smallest absolute Gasteiger partial charge is 0.121 e. The second-order valence-electron chi connectivity index (χ2n) is 15.0. The van der Waals surface area contributed by atoms with Gasteiger partial charge in [-0.1, -0.05) is 111 Å². The van der Waals surface area contributed by atoms with Crippen molar-refractivity contribution in [2.75, 3.05) is 0 Å². The molecule has 0 aromatic carbocycles. The number of fused-ring (bicyclic) bond motifs is 2. The summed E-state index contributed by atoms with van der Waals surface area (Å²) in [6.45, 7) is 22.6. The Hall–Kier alpha value is -2.42. The number of hydrogen-bond donors (Lipinski definition) is 0. The molecule has 0 radical (unpaired) electrons. The minimum atomic E-state index is -0.107. The molecule has 2 saturated carbocycles. The number of epoxide rings is 1. The van der Waals surface area contributed by atoms with Crippen LogP contribution in [0.25, 0.3) is 0 Å². The van der Waals surface area contributed by atoms with Crippen molar-refractivity contribution >= 4 is 0 Å². The highest BCUT2D eigenvalue weighted by molar-refractivity contribution is 5.38. The van der Waals surface area contributed by atoms with E-state index in [4.69, 9.17) is 9.47 Å². The SMILES string of the molecule is CC(/C=C/C=C(C)/C=C/[C@@]12O[C@]1(C)CCCC2(C)C)=C\C=C\C=C(C)\C=C\C=C(/C)[C@@H]1C=C2C(C)(C)CCC[C@@]2(C)O1. The molecule has 0 aromatic rings. The molecule has 0 spiro atoms. The van der Waals surface area contributed by atoms with Crippen LogP contribution in [-0.2, 0) is 9.47 Å². The number of allylic oxidation sites excluding steroid dienone is 14. The van der Waals surface area contributed by atoms with E-state index in [9.17, 15) is 0 Å². The summed E-state index contributed by atoms with van der Waals surface area (Å²) in [7, 11) is 0. The molecule has 2 nitrogen and oxygen atoms in total. The molecule has 228 valence electrons. The van der Waals surface area contributed by atoms with Gasteiger partial charge < -0.3 is 9.47 Å². The Morgan fingerprint density at radius 1 is 0.690 bits per heavy atom. The molecule has 2 heteroatoms. The average Bonchev–Trinajstić information content (AvgIpc) is 3.37. The quantitative estimate of drug-likeness (QED) is 0.157. The van der Waals surface area contributed by atoms with E-state index in [-0.39, 0.29) is 33.7 Å². The molecule has 4 atom stereocenters. The van der Waals surface area contributed by atoms with Gasteiger partial charge in [-0.3, -0.25) is 0 Å². The maximum Gasteiger partial charge on any atom is 0.121 e. The molecule has 0 unspecified atom stereocenters. The van der Waals surface area contributed by atoms with E-state index < -0.39 is 0 Å². The lowest BCUT2D eigenvalue weighted by molar-refractivity contribution is -0.0307. The van der Waals surface area contributed by atoms with Crippen LogP contribution in [0.4, 0.5) is 0 Å². The molecule has 0 bridgehead atoms. The van der Waals surface area contributed by atoms with Crippen LogP contribution >= 0.6 is 0 Å². The monoisotopic (exact) mass is 568 g/mol. The Morgan fingerprint density at radius 2 is 1.26 bits per heavy atom. The van der Waals surface area contributed by atoms with Gasteiger partial charge in [-0.25, -0.2) is 0 Å². The van der Waals surface area contributed by atoms with Crippen LogP contribution in [-0.4, -0.2) is 22.9 Å². The van der Waals surface area contributed by atoms with Crippen LogP contribution in [0.15, 0.2) is 107 Å². The standard InChI is InChI=1S/C40H56O2/c1-30(19-13-20-32(3)23-28-40-37(7,8)25-16-27-39(40,10)42-40)17-11-12-18-31(2)21-14-22-33(4)34-29-35-36(5,6)24-15-26-38(35,9)41-34/h11-14,17-23,28-29,34H,15-16,24-27H2,1-10H3/b12-11+,19-13+,21-14+,28-23+,30-17+,31-18+,32-20+,33-22+/t34-,38+,39+,40-/m0/s1. The minimum absolute atomic E-state index is 0.0166. The number of hydrogen-bond acceptors (Lipinski definition) is 2. The van der Waals surface area contributed by atoms with Gasteiger partial charge in [-0.2, -0.15) is 0 Å². The van der Waals surface area contributed by atoms with Crippen molar-refractivity contribution in [2.45, 2.75) is 131 Å². The third-order valence-electron chi connectivity index (χ3n) is 10.3. The largest absolute Gasteiger partial charge is 0.359 e. The highest BCUT2D eigenvalue weighted by atomic mass is 16.6. The average molecular weight is 569 g/mol. The van der Waals surface area contributed by atoms with E-state index in [0.717, 1.165) is 12.8 Å². The van der Waals surface area contributed by atoms with Crippen LogP contribution < -0.4 is 0 Å². The molecule has 2 aliphatic heterocycles. The molecule has 1 saturated heterocycles. The predicted octanol–water partition coefficient (Wildman–Crippen LogP) is 11.0. The summed E-state index contributed by atoms with van der Waals surface area (Å²) in [5.74, 6) is 0. The predicted molar refractivity (Wildman–Crippen MR) is 180 cm³/mol. The van der Waals surface area contributed by atoms with Gasteiger partial charge >= 0.3 is 0 Å². The molecular weight excluding hydrogens is 512 g/mol. The number of rotatable bonds is 9. The fourth-order valence-electron chi connectivity index (χ4n) is 7.61. The first-order valence-electron chi connectivity index (χ1n) is 16.1. The van der Waals surface area contributed by atoms with Gasteiger partial charge in [-0.05, 0) is 109 Å². The van der Waals surface area contributed by atoms with Gasteiger partial charge in [0.1, 0.15) is 5.60 Å². The van der Waals surface area contributed by atoms with Gasteiger partial charge in [0.15, 0.2) is 0 Å². The molecule has 0 N–H and O–H groups in total. The Bertz CT molecular complexity index is 1300. The first kappa shape index (κ1) is 32.5. The summed E-state index contributed by atoms with van der Waals surface area (Å²) in [6.07, 6.45) is 35.8. The number of ether oxygens (including phenoxy) is 2. The van der Waals surface area contributed by atoms with Crippen molar-refractivity contribution in [3.63, 3.8) is 0 Å². The molecule has 2 aliphatic carbocycles. The van der Waals surface area contributed by atoms with Crippen molar-refractivity contribution in [2.24, 2.45) is 10.8 Å². The normalized spacial score (nSPS) is 35.4. The van der Waals surface area contributed by atoms with E-state index in [2.05, 4.69) is 148 Å². The lowest BCUT2D eigenvalue weighted by Gasteiger charge is -2.42. The van der Waals surface area contributed by atoms with Crippen molar-refractivity contribution in [3.05, 3.63) is 107 Å². The van der Waals surface area contributed by atoms with Crippen LogP contribution in [0.3, 0.4) is 0 Å². The van der Waals surface area contributed by atoms with Crippen molar-refractivity contribution in [1.29, 1.82) is 0 Å². The van der Waals surface area contributed by atoms with E-state index in [0.29, 0.717) is 0 Å². The molecule has 0 amide bonds. The van der Waals surface area contributed by atoms with E-state index in [1.54, 1.807) is 0 Å². The summed E-state index contributed by atoms with van der Waals surface area (Å²) in [5, 5.41) is 0. The summed E-state index contributed by atoms with van der Waals surface area (Å²) >= 11 is 0. The van der Waals surface area contributed by atoms with Crippen LogP contribution in [0, 0.1) is 10.8 Å². The second-order valence-corrected chi connectivity index (χ2v) is 15.0. The molecule has 4 rings (SSSR count). The molecular formula is C40H56O2. The van der Waals surface area contributed by atoms with Gasteiger partial charge in [0.2, 0.25) is 0 Å². The summed E-state index contributed by atoms with van der Waals surface area (Å²) in [4.78, 5) is 0. The second kappa shape index (κ2) is 12.3. The van der Waals surface area contributed by atoms with Gasteiger partial charge in [-0.15, -0.1) is 0 Å². The third kappa shape index (κ3) is 6.87. The van der Waals surface area contributed by atoms with Crippen LogP contribution in [0.2, 0.25) is 0 Å². The molecule has 3 fully saturated rings. The first-order chi connectivity index (χ1) is 19.6. The Kier molecular flexibility index (Phi) is 9.51. The van der Waals surface area contributed by atoms with Gasteiger partial charge in [0, 0.05) is 5.41 Å². The van der Waals surface area contributed by atoms with E-state index in [1.165, 1.54) is 53.5 Å². The maximum atomic E-state index is 6.56. The van der Waals surface area contributed by atoms with E-state index in [1.807, 2.05) is 0 Å². The summed E-state index contributed by atoms with van der Waals surface area (Å²) in [6, 6.07) is 0. The zero-order valence-corrected chi connectivity index (χ0v) is 28.1. The summed E-state index contributed by atoms with van der Waals surface area (Å²) < 4.78 is 12.9. The molecule has 0 aromatic heterocycles. The highest BCUT2D eigenvalue weighted by Crippen LogP contribution is 2.66. The van der Waals surface area contributed by atoms with Crippen molar-refractivity contribution in [1.82, 2.24) is 0 Å². The van der Waals surface area contributed by atoms with Gasteiger partial charge in [0.25, 0.3) is 0 Å². The zero-order chi connectivity index (χ0) is 30.8. The Morgan fingerprint density at radius 3 is 1.88 bits per heavy atom. The lowest BCUT2D eigenvalue weighted by atomic mass is 9.64. The molecule has 42 heavy (non-hydrogen) atoms. The third-order valence-corrected chi connectivity index (χ3v) is 10.3. The fraction of sp³-hybridized carbons (Fsp3) is 0.550. The molecule has 2 heterocycles. The minimum Gasteiger partial charge on any atom is -0.359 e. The van der Waals surface area contributed by atoms with Crippen LogP contribution in [0.1, 0.15) is 108 Å². The highest BCUT2D eigenvalue weighted by Gasteiger charge is 2.73. The topological polar surface area (TPSA) is 21.8 Å². The first-order valence-corrected chi connectivity index (χ1v) is 16.1. The Balaban J connectivity index is 1.26.